The van der Waals surface area contributed by atoms with Crippen molar-refractivity contribution in [1.82, 2.24) is 4.98 Å². The third-order valence-electron chi connectivity index (χ3n) is 5.02. The van der Waals surface area contributed by atoms with Crippen LogP contribution in [0, 0.1) is 29.1 Å². The minimum atomic E-state index is -0.189. The van der Waals surface area contributed by atoms with Crippen molar-refractivity contribution in [2.75, 3.05) is 11.4 Å². The highest BCUT2D eigenvalue weighted by atomic mass is 16.3. The molecule has 3 fully saturated rings. The number of aliphatic hydroxyl groups is 1. The van der Waals surface area contributed by atoms with E-state index in [1.165, 1.54) is 12.8 Å². The van der Waals surface area contributed by atoms with E-state index in [9.17, 15) is 5.11 Å². The highest BCUT2D eigenvalue weighted by Crippen LogP contribution is 2.55. The molecule has 2 saturated carbocycles. The van der Waals surface area contributed by atoms with Gasteiger partial charge in [0.05, 0.1) is 17.7 Å². The average molecular weight is 241 g/mol. The first-order valence-corrected chi connectivity index (χ1v) is 6.59. The molecule has 3 aliphatic rings. The summed E-state index contributed by atoms with van der Waals surface area (Å²) in [6.45, 7) is 1.02. The van der Waals surface area contributed by atoms with Crippen LogP contribution < -0.4 is 4.90 Å². The van der Waals surface area contributed by atoms with E-state index in [0.29, 0.717) is 17.4 Å². The van der Waals surface area contributed by atoms with Crippen LogP contribution in [0.2, 0.25) is 0 Å². The third-order valence-corrected chi connectivity index (χ3v) is 5.02. The highest BCUT2D eigenvalue weighted by Gasteiger charge is 2.59. The van der Waals surface area contributed by atoms with Gasteiger partial charge in [-0.3, -0.25) is 0 Å². The van der Waals surface area contributed by atoms with Gasteiger partial charge in [0.1, 0.15) is 11.9 Å². The first-order chi connectivity index (χ1) is 8.78. The molecule has 1 aliphatic heterocycles. The molecule has 4 nitrogen and oxygen atoms in total. The lowest BCUT2D eigenvalue weighted by Gasteiger charge is -2.29. The van der Waals surface area contributed by atoms with E-state index >= 15 is 0 Å². The summed E-state index contributed by atoms with van der Waals surface area (Å²) in [6, 6.07) is 6.06. The van der Waals surface area contributed by atoms with Gasteiger partial charge in [0, 0.05) is 12.7 Å². The largest absolute Gasteiger partial charge is 0.391 e. The van der Waals surface area contributed by atoms with Crippen molar-refractivity contribution in [3.8, 4) is 6.07 Å². The summed E-state index contributed by atoms with van der Waals surface area (Å²) in [5, 5.41) is 19.1. The number of anilines is 1. The molecular weight excluding hydrogens is 226 g/mol. The molecule has 0 aromatic carbocycles. The first-order valence-electron chi connectivity index (χ1n) is 6.59. The smallest absolute Gasteiger partial charge is 0.128 e. The van der Waals surface area contributed by atoms with Crippen molar-refractivity contribution in [3.63, 3.8) is 0 Å². The van der Waals surface area contributed by atoms with Crippen molar-refractivity contribution in [3.05, 3.63) is 23.9 Å². The Balaban J connectivity index is 1.68. The number of fused-ring (bicyclic) bond motifs is 1. The molecular formula is C14H15N3O. The Morgan fingerprint density at radius 1 is 1.33 bits per heavy atom. The Kier molecular flexibility index (Phi) is 1.98. The summed E-state index contributed by atoms with van der Waals surface area (Å²) in [7, 11) is 0. The van der Waals surface area contributed by atoms with Crippen molar-refractivity contribution in [2.24, 2.45) is 17.8 Å². The Labute approximate surface area is 106 Å². The molecule has 2 heterocycles. The maximum atomic E-state index is 10.3. The van der Waals surface area contributed by atoms with Gasteiger partial charge in [0.15, 0.2) is 0 Å². The number of nitriles is 1. The molecule has 4 heteroatoms. The zero-order valence-corrected chi connectivity index (χ0v) is 10.0. The van der Waals surface area contributed by atoms with Gasteiger partial charge in [-0.2, -0.15) is 5.26 Å². The zero-order valence-electron chi connectivity index (χ0n) is 10.0. The third kappa shape index (κ3) is 1.20. The Morgan fingerprint density at radius 3 is 2.89 bits per heavy atom. The molecule has 1 aromatic rings. The summed E-state index contributed by atoms with van der Waals surface area (Å²) in [5.74, 6) is 2.81. The normalized spacial score (nSPS) is 40.2. The van der Waals surface area contributed by atoms with E-state index in [2.05, 4.69) is 16.0 Å². The first kappa shape index (κ1) is 10.3. The van der Waals surface area contributed by atoms with E-state index in [0.717, 1.165) is 18.3 Å². The van der Waals surface area contributed by atoms with Crippen LogP contribution in [-0.2, 0) is 0 Å². The van der Waals surface area contributed by atoms with Crippen molar-refractivity contribution in [2.45, 2.75) is 25.0 Å². The van der Waals surface area contributed by atoms with Gasteiger partial charge in [-0.15, -0.1) is 0 Å². The Morgan fingerprint density at radius 2 is 2.22 bits per heavy atom. The molecule has 0 spiro atoms. The second-order valence-electron chi connectivity index (χ2n) is 5.81. The molecule has 1 aromatic heterocycles. The molecule has 5 atom stereocenters. The summed E-state index contributed by atoms with van der Waals surface area (Å²) in [5.41, 5.74) is 0.589. The summed E-state index contributed by atoms with van der Waals surface area (Å²) < 4.78 is 0. The van der Waals surface area contributed by atoms with E-state index in [1.54, 1.807) is 12.3 Å². The van der Waals surface area contributed by atoms with E-state index < -0.39 is 0 Å². The topological polar surface area (TPSA) is 60.2 Å². The van der Waals surface area contributed by atoms with Gasteiger partial charge in [0.25, 0.3) is 0 Å². The minimum absolute atomic E-state index is 0.189. The molecule has 0 unspecified atom stereocenters. The maximum Gasteiger partial charge on any atom is 0.128 e. The van der Waals surface area contributed by atoms with Crippen molar-refractivity contribution in [1.29, 1.82) is 5.26 Å². The number of hydrogen-bond donors (Lipinski definition) is 1. The van der Waals surface area contributed by atoms with E-state index in [1.807, 2.05) is 6.07 Å². The maximum absolute atomic E-state index is 10.3. The van der Waals surface area contributed by atoms with E-state index in [4.69, 9.17) is 5.26 Å². The van der Waals surface area contributed by atoms with Crippen LogP contribution in [-0.4, -0.2) is 28.8 Å². The SMILES string of the molecule is N#Cc1ccc(N2C[C@@H]3C[C@H]4C[C@H]3[C@@H]2[C@@H]4O)nc1. The fourth-order valence-electron chi connectivity index (χ4n) is 4.30. The number of nitrogens with zero attached hydrogens (tertiary/aromatic N) is 3. The lowest BCUT2D eigenvalue weighted by molar-refractivity contribution is 0.0965. The quantitative estimate of drug-likeness (QED) is 0.801. The lowest BCUT2D eigenvalue weighted by Crippen LogP contribution is -2.41. The molecule has 2 bridgehead atoms. The van der Waals surface area contributed by atoms with Crippen LogP contribution in [0.3, 0.4) is 0 Å². The van der Waals surface area contributed by atoms with Crippen LogP contribution in [0.5, 0.6) is 0 Å². The molecule has 18 heavy (non-hydrogen) atoms. The fourth-order valence-corrected chi connectivity index (χ4v) is 4.30. The Bertz CT molecular complexity index is 519. The number of rotatable bonds is 1. The fraction of sp³-hybridized carbons (Fsp3) is 0.571. The van der Waals surface area contributed by atoms with Crippen LogP contribution in [0.15, 0.2) is 18.3 Å². The monoisotopic (exact) mass is 241 g/mol. The summed E-state index contributed by atoms with van der Waals surface area (Å²) >= 11 is 0. The van der Waals surface area contributed by atoms with Gasteiger partial charge in [-0.1, -0.05) is 0 Å². The van der Waals surface area contributed by atoms with Gasteiger partial charge >= 0.3 is 0 Å². The second-order valence-corrected chi connectivity index (χ2v) is 5.81. The van der Waals surface area contributed by atoms with Crippen LogP contribution in [0.1, 0.15) is 18.4 Å². The molecule has 2 aliphatic carbocycles. The minimum Gasteiger partial charge on any atom is -0.391 e. The van der Waals surface area contributed by atoms with Crippen LogP contribution in [0.4, 0.5) is 5.82 Å². The molecule has 0 amide bonds. The van der Waals surface area contributed by atoms with Crippen molar-refractivity contribution >= 4 is 5.82 Å². The molecule has 92 valence electrons. The zero-order chi connectivity index (χ0) is 12.3. The van der Waals surface area contributed by atoms with Gasteiger partial charge in [-0.05, 0) is 42.7 Å². The molecule has 1 N–H and O–H groups in total. The van der Waals surface area contributed by atoms with Crippen molar-refractivity contribution < 1.29 is 5.11 Å². The van der Waals surface area contributed by atoms with Gasteiger partial charge < -0.3 is 10.0 Å². The standard InChI is InChI=1S/C14H15N3O/c15-5-8-1-2-12(16-6-8)17-7-10-3-9-4-11(10)13(17)14(9)18/h1-2,6,9-11,13-14,18H,3-4,7H2/t9-,10-,11+,13+,14+/m0/s1. The Hall–Kier alpha value is -1.60. The van der Waals surface area contributed by atoms with E-state index in [-0.39, 0.29) is 12.1 Å². The lowest BCUT2D eigenvalue weighted by atomic mass is 9.88. The summed E-state index contributed by atoms with van der Waals surface area (Å²) in [4.78, 5) is 6.63. The molecule has 4 rings (SSSR count). The average Bonchev–Trinajstić information content (AvgIpc) is 3.00. The number of aliphatic hydroxyl groups excluding tert-OH is 1. The number of aromatic nitrogens is 1. The van der Waals surface area contributed by atoms with Crippen LogP contribution >= 0.6 is 0 Å². The van der Waals surface area contributed by atoms with Crippen LogP contribution in [0.25, 0.3) is 0 Å². The molecule has 1 saturated heterocycles. The summed E-state index contributed by atoms with van der Waals surface area (Å²) in [6.07, 6.45) is 3.79. The van der Waals surface area contributed by atoms with Gasteiger partial charge in [0.2, 0.25) is 0 Å². The predicted molar refractivity (Wildman–Crippen MR) is 65.8 cm³/mol. The number of pyridine rings is 1. The van der Waals surface area contributed by atoms with Gasteiger partial charge in [-0.25, -0.2) is 4.98 Å². The second kappa shape index (κ2) is 3.46. The highest BCUT2D eigenvalue weighted by molar-refractivity contribution is 5.46. The number of hydrogen-bond acceptors (Lipinski definition) is 4. The predicted octanol–water partition coefficient (Wildman–Crippen LogP) is 1.16. The molecule has 0 radical (unpaired) electrons.